The number of nitrogens with one attached hydrogen (secondary N) is 2. The van der Waals surface area contributed by atoms with Crippen molar-refractivity contribution < 1.29 is 4.79 Å². The minimum Gasteiger partial charge on any atom is -0.325 e. The van der Waals surface area contributed by atoms with Crippen molar-refractivity contribution >= 4 is 34.8 Å². The van der Waals surface area contributed by atoms with Crippen molar-refractivity contribution in [1.29, 1.82) is 0 Å². The molecule has 6 nitrogen and oxygen atoms in total. The van der Waals surface area contributed by atoms with Crippen molar-refractivity contribution in [2.24, 2.45) is 5.92 Å². The van der Waals surface area contributed by atoms with Crippen LogP contribution < -0.4 is 5.32 Å². The fourth-order valence-corrected chi connectivity index (χ4v) is 3.18. The molecule has 2 N–H and O–H groups in total. The molecular formula is C17H13Cl2N5O. The zero-order valence-corrected chi connectivity index (χ0v) is 14.4. The van der Waals surface area contributed by atoms with Gasteiger partial charge in [0.05, 0.1) is 5.69 Å². The molecule has 2 aromatic carbocycles. The predicted molar refractivity (Wildman–Crippen MR) is 95.6 cm³/mol. The van der Waals surface area contributed by atoms with Crippen LogP contribution in [0.4, 0.5) is 5.69 Å². The molecule has 1 heterocycles. The summed E-state index contributed by atoms with van der Waals surface area (Å²) in [7, 11) is 0. The maximum Gasteiger partial charge on any atom is 0.228 e. The van der Waals surface area contributed by atoms with Crippen LogP contribution in [0.1, 0.15) is 17.9 Å². The van der Waals surface area contributed by atoms with Crippen LogP contribution in [0.3, 0.4) is 0 Å². The Labute approximate surface area is 153 Å². The Hall–Kier alpha value is -2.44. The molecule has 1 aliphatic rings. The molecule has 0 aliphatic heterocycles. The molecule has 1 fully saturated rings. The SMILES string of the molecule is O=C(Nc1cc(Cl)ccc1-c1nn[nH]n1)[C@H]1C[C@H]1c1ccc(Cl)cc1. The number of amides is 1. The minimum absolute atomic E-state index is 0.0491. The lowest BCUT2D eigenvalue weighted by molar-refractivity contribution is -0.117. The number of tetrazole rings is 1. The highest BCUT2D eigenvalue weighted by Gasteiger charge is 2.44. The van der Waals surface area contributed by atoms with Crippen LogP contribution >= 0.6 is 23.2 Å². The van der Waals surface area contributed by atoms with Gasteiger partial charge in [-0.25, -0.2) is 0 Å². The molecule has 25 heavy (non-hydrogen) atoms. The number of carbonyl (C=O) groups excluding carboxylic acids is 1. The first kappa shape index (κ1) is 16.1. The number of H-pyrrole nitrogens is 1. The summed E-state index contributed by atoms with van der Waals surface area (Å²) in [6.07, 6.45) is 0.811. The molecule has 8 heteroatoms. The van der Waals surface area contributed by atoms with Crippen LogP contribution in [-0.2, 0) is 4.79 Å². The van der Waals surface area contributed by atoms with E-state index >= 15 is 0 Å². The van der Waals surface area contributed by atoms with Crippen LogP contribution in [0.15, 0.2) is 42.5 Å². The summed E-state index contributed by atoms with van der Waals surface area (Å²) in [4.78, 5) is 12.6. The van der Waals surface area contributed by atoms with Crippen molar-refractivity contribution in [2.45, 2.75) is 12.3 Å². The topological polar surface area (TPSA) is 83.6 Å². The Balaban J connectivity index is 1.52. The highest BCUT2D eigenvalue weighted by molar-refractivity contribution is 6.31. The largest absolute Gasteiger partial charge is 0.325 e. The second kappa shape index (κ2) is 6.46. The number of hydrogen-bond acceptors (Lipinski definition) is 4. The van der Waals surface area contributed by atoms with E-state index in [0.717, 1.165) is 12.0 Å². The Morgan fingerprint density at radius 2 is 1.88 bits per heavy atom. The number of aromatic amines is 1. The number of nitrogens with zero attached hydrogens (tertiary/aromatic N) is 3. The second-order valence-corrected chi connectivity index (χ2v) is 6.79. The van der Waals surface area contributed by atoms with Gasteiger partial charge in [0.25, 0.3) is 0 Å². The first-order chi connectivity index (χ1) is 12.1. The van der Waals surface area contributed by atoms with Crippen LogP contribution in [-0.4, -0.2) is 26.5 Å². The number of anilines is 1. The molecule has 1 amide bonds. The van der Waals surface area contributed by atoms with Crippen molar-refractivity contribution in [3.63, 3.8) is 0 Å². The van der Waals surface area contributed by atoms with Crippen LogP contribution in [0.2, 0.25) is 10.0 Å². The summed E-state index contributed by atoms with van der Waals surface area (Å²) in [6.45, 7) is 0. The number of benzene rings is 2. The summed E-state index contributed by atoms with van der Waals surface area (Å²) in [5, 5.41) is 18.0. The van der Waals surface area contributed by atoms with Gasteiger partial charge in [0, 0.05) is 21.5 Å². The van der Waals surface area contributed by atoms with E-state index in [4.69, 9.17) is 23.2 Å². The van der Waals surface area contributed by atoms with E-state index in [0.29, 0.717) is 27.1 Å². The van der Waals surface area contributed by atoms with E-state index in [1.807, 2.05) is 24.3 Å². The first-order valence-corrected chi connectivity index (χ1v) is 8.47. The monoisotopic (exact) mass is 373 g/mol. The summed E-state index contributed by atoms with van der Waals surface area (Å²) in [5.74, 6) is 0.493. The average Bonchev–Trinajstić information content (AvgIpc) is 3.22. The lowest BCUT2D eigenvalue weighted by Gasteiger charge is -2.09. The molecule has 2 atom stereocenters. The van der Waals surface area contributed by atoms with Gasteiger partial charge in [-0.15, -0.1) is 10.2 Å². The number of rotatable bonds is 4. The highest BCUT2D eigenvalue weighted by Crippen LogP contribution is 2.48. The number of carbonyl (C=O) groups is 1. The van der Waals surface area contributed by atoms with Gasteiger partial charge in [0.1, 0.15) is 0 Å². The van der Waals surface area contributed by atoms with E-state index in [9.17, 15) is 4.79 Å². The molecule has 0 saturated heterocycles. The Bertz CT molecular complexity index is 911. The standard InChI is InChI=1S/C17H13Cl2N5O/c18-10-3-1-9(2-4-10)13-8-14(13)17(25)20-15-7-11(19)5-6-12(15)16-21-23-24-22-16/h1-7,13-14H,8H2,(H,20,25)(H,21,22,23,24)/t13-,14-/m0/s1. The Morgan fingerprint density at radius 3 is 2.60 bits per heavy atom. The van der Waals surface area contributed by atoms with Gasteiger partial charge in [-0.3, -0.25) is 4.79 Å². The third kappa shape index (κ3) is 3.36. The smallest absolute Gasteiger partial charge is 0.228 e. The quantitative estimate of drug-likeness (QED) is 0.725. The van der Waals surface area contributed by atoms with Gasteiger partial charge < -0.3 is 5.32 Å². The Kier molecular flexibility index (Phi) is 4.15. The number of hydrogen-bond donors (Lipinski definition) is 2. The molecule has 0 spiro atoms. The maximum absolute atomic E-state index is 12.6. The van der Waals surface area contributed by atoms with Crippen molar-refractivity contribution in [2.75, 3.05) is 5.32 Å². The van der Waals surface area contributed by atoms with Crippen LogP contribution in [0.25, 0.3) is 11.4 Å². The maximum atomic E-state index is 12.6. The summed E-state index contributed by atoms with van der Waals surface area (Å²) >= 11 is 12.0. The zero-order valence-electron chi connectivity index (χ0n) is 12.9. The van der Waals surface area contributed by atoms with Crippen molar-refractivity contribution in [3.8, 4) is 11.4 Å². The van der Waals surface area contributed by atoms with E-state index < -0.39 is 0 Å². The third-order valence-corrected chi connectivity index (χ3v) is 4.74. The van der Waals surface area contributed by atoms with Crippen molar-refractivity contribution in [1.82, 2.24) is 20.6 Å². The van der Waals surface area contributed by atoms with Crippen LogP contribution in [0.5, 0.6) is 0 Å². The first-order valence-electron chi connectivity index (χ1n) is 7.71. The third-order valence-electron chi connectivity index (χ3n) is 4.25. The molecule has 3 aromatic rings. The fraction of sp³-hybridized carbons (Fsp3) is 0.176. The molecule has 4 rings (SSSR count). The molecule has 0 radical (unpaired) electrons. The zero-order chi connectivity index (χ0) is 17.4. The average molecular weight is 374 g/mol. The van der Waals surface area contributed by atoms with E-state index in [1.165, 1.54) is 0 Å². The van der Waals surface area contributed by atoms with Gasteiger partial charge in [-0.05, 0) is 53.4 Å². The molecule has 1 aliphatic carbocycles. The normalized spacial score (nSPS) is 18.8. The molecule has 1 saturated carbocycles. The number of aromatic nitrogens is 4. The summed E-state index contributed by atoms with van der Waals surface area (Å²) in [5.41, 5.74) is 2.35. The minimum atomic E-state index is -0.0710. The predicted octanol–water partition coefficient (Wildman–Crippen LogP) is 3.92. The molecule has 126 valence electrons. The van der Waals surface area contributed by atoms with Gasteiger partial charge in [0.2, 0.25) is 11.7 Å². The molecule has 0 bridgehead atoms. The summed E-state index contributed by atoms with van der Waals surface area (Å²) in [6, 6.07) is 12.8. The van der Waals surface area contributed by atoms with Gasteiger partial charge in [-0.1, -0.05) is 35.3 Å². The van der Waals surface area contributed by atoms with Gasteiger partial charge in [0.15, 0.2) is 0 Å². The van der Waals surface area contributed by atoms with Gasteiger partial charge in [-0.2, -0.15) is 5.21 Å². The van der Waals surface area contributed by atoms with E-state index in [-0.39, 0.29) is 17.7 Å². The molecular weight excluding hydrogens is 361 g/mol. The molecule has 0 unspecified atom stereocenters. The van der Waals surface area contributed by atoms with Crippen molar-refractivity contribution in [3.05, 3.63) is 58.1 Å². The highest BCUT2D eigenvalue weighted by atomic mass is 35.5. The molecule has 1 aromatic heterocycles. The second-order valence-electron chi connectivity index (χ2n) is 5.91. The van der Waals surface area contributed by atoms with Crippen LogP contribution in [0, 0.1) is 5.92 Å². The van der Waals surface area contributed by atoms with E-state index in [1.54, 1.807) is 18.2 Å². The lowest BCUT2D eigenvalue weighted by Crippen LogP contribution is -2.15. The Morgan fingerprint density at radius 1 is 1.12 bits per heavy atom. The number of halogens is 2. The van der Waals surface area contributed by atoms with Gasteiger partial charge >= 0.3 is 0 Å². The lowest BCUT2D eigenvalue weighted by atomic mass is 10.1. The van der Waals surface area contributed by atoms with E-state index in [2.05, 4.69) is 25.9 Å². The summed E-state index contributed by atoms with van der Waals surface area (Å²) < 4.78 is 0. The fourth-order valence-electron chi connectivity index (χ4n) is 2.88.